The average Bonchev–Trinajstić information content (AvgIpc) is 1.24. The summed E-state index contributed by atoms with van der Waals surface area (Å²) in [5.41, 5.74) is 0.253. The first-order valence-corrected chi connectivity index (χ1v) is 41.3. The van der Waals surface area contributed by atoms with E-state index in [4.69, 9.17) is 70.8 Å². The lowest BCUT2D eigenvalue weighted by Gasteiger charge is -2.50. The molecule has 0 aromatic carbocycles. The molecule has 0 aliphatic carbocycles. The molecule has 1 aromatic heterocycles. The van der Waals surface area contributed by atoms with Crippen LogP contribution in [-0.4, -0.2) is 391 Å². The van der Waals surface area contributed by atoms with Gasteiger partial charge in [0, 0.05) is 51.3 Å². The molecule has 49 nitrogen and oxygen atoms in total. The number of phosphoric ester groups is 1. The minimum atomic E-state index is -5.65. The van der Waals surface area contributed by atoms with Crippen LogP contribution < -0.4 is 21.3 Å². The van der Waals surface area contributed by atoms with Gasteiger partial charge in [0.25, 0.3) is 5.79 Å². The summed E-state index contributed by atoms with van der Waals surface area (Å²) in [5, 5.41) is 181. The maximum atomic E-state index is 14.1. The number of carboxylic acids is 1. The van der Waals surface area contributed by atoms with E-state index in [0.717, 1.165) is 0 Å². The first-order chi connectivity index (χ1) is 57.3. The predicted octanol–water partition coefficient (Wildman–Crippen LogP) is -8.80. The van der Waals surface area contributed by atoms with E-state index in [1.165, 1.54) is 31.6 Å². The molecule has 5 saturated heterocycles. The normalized spacial score (nSPS) is 32.3. The number of carbonyl (C=O) groups excluding carboxylic acids is 8. The van der Waals surface area contributed by atoms with Crippen molar-refractivity contribution in [1.29, 1.82) is 0 Å². The number of nitrogens with one attached hydrogen (secondary N) is 4. The zero-order chi connectivity index (χ0) is 89.9. The Morgan fingerprint density at radius 2 is 1.10 bits per heavy atom. The van der Waals surface area contributed by atoms with Crippen molar-refractivity contribution in [2.75, 3.05) is 52.8 Å². The summed E-state index contributed by atoms with van der Waals surface area (Å²) in [4.78, 5) is 139. The second kappa shape index (κ2) is 49.4. The van der Waals surface area contributed by atoms with Crippen molar-refractivity contribution in [1.82, 2.24) is 36.3 Å². The van der Waals surface area contributed by atoms with Gasteiger partial charge in [-0.2, -0.15) is 0 Å². The molecule has 121 heavy (non-hydrogen) atoms. The lowest BCUT2D eigenvalue weighted by atomic mass is 9.88. The minimum absolute atomic E-state index is 0.0480. The van der Waals surface area contributed by atoms with Gasteiger partial charge in [-0.15, -0.1) is 5.10 Å². The van der Waals surface area contributed by atoms with E-state index in [1.807, 2.05) is 0 Å². The molecule has 694 valence electrons. The Morgan fingerprint density at radius 3 is 1.69 bits per heavy atom. The quantitative estimate of drug-likeness (QED) is 0.0125. The molecule has 0 spiro atoms. The number of rotatable bonds is 49. The number of ether oxygens (including phenoxy) is 14. The molecule has 30 atom stereocenters. The van der Waals surface area contributed by atoms with Gasteiger partial charge >= 0.3 is 37.7 Å². The van der Waals surface area contributed by atoms with E-state index >= 15 is 0 Å². The summed E-state index contributed by atoms with van der Waals surface area (Å²) in [7, 11) is -5.65. The Morgan fingerprint density at radius 1 is 0.562 bits per heavy atom. The fraction of sp³-hybridized carbons (Fsp3) is 0.845. The fourth-order valence-electron chi connectivity index (χ4n) is 13.4. The Labute approximate surface area is 693 Å². The van der Waals surface area contributed by atoms with Gasteiger partial charge in [-0.25, -0.2) is 14.0 Å². The summed E-state index contributed by atoms with van der Waals surface area (Å²) in [5.74, 6) is -12.1. The summed E-state index contributed by atoms with van der Waals surface area (Å²) >= 11 is 0. The molecular formula is C71H118N7O42P. The summed E-state index contributed by atoms with van der Waals surface area (Å²) in [6.07, 6.45) is -51.1. The number of aryl methyl sites for hydroxylation is 1. The van der Waals surface area contributed by atoms with Crippen molar-refractivity contribution < 1.29 is 205 Å². The highest BCUT2D eigenvalue weighted by Crippen LogP contribution is 2.44. The van der Waals surface area contributed by atoms with Crippen LogP contribution in [0, 0.1) is 0 Å². The Hall–Kier alpha value is -6.48. The van der Waals surface area contributed by atoms with E-state index < -0.39 is 316 Å². The van der Waals surface area contributed by atoms with E-state index in [2.05, 4.69) is 31.6 Å². The number of aliphatic carboxylic acids is 1. The predicted molar refractivity (Wildman–Crippen MR) is 395 cm³/mol. The topological polar surface area (TPSA) is 732 Å². The van der Waals surface area contributed by atoms with Crippen LogP contribution in [0.25, 0.3) is 0 Å². The zero-order valence-corrected chi connectivity index (χ0v) is 68.6. The number of nitrogens with zero attached hydrogens (tertiary/aromatic N) is 3. The maximum Gasteiger partial charge on any atom is 0.470 e. The van der Waals surface area contributed by atoms with Crippen LogP contribution in [0.2, 0.25) is 0 Å². The monoisotopic (exact) mass is 1770 g/mol. The van der Waals surface area contributed by atoms with Crippen molar-refractivity contribution in [2.24, 2.45) is 0 Å². The second-order valence-electron chi connectivity index (χ2n) is 29.2. The number of amides is 4. The van der Waals surface area contributed by atoms with Gasteiger partial charge in [0.1, 0.15) is 116 Å². The van der Waals surface area contributed by atoms with Gasteiger partial charge < -0.3 is 174 Å². The Bertz CT molecular complexity index is 3480. The van der Waals surface area contributed by atoms with Crippen molar-refractivity contribution in [3.05, 3.63) is 11.9 Å². The summed E-state index contributed by atoms with van der Waals surface area (Å²) in [6.45, 7) is 4.12. The maximum absolute atomic E-state index is 14.1. The average molecular weight is 1770 g/mol. The van der Waals surface area contributed by atoms with E-state index in [9.17, 15) is 134 Å². The summed E-state index contributed by atoms with van der Waals surface area (Å²) in [6, 6.07) is -5.24. The molecule has 5 fully saturated rings. The number of phosphoric acid groups is 1. The fourth-order valence-corrected chi connectivity index (χ4v) is 13.9. The highest BCUT2D eigenvalue weighted by molar-refractivity contribution is 7.46. The van der Waals surface area contributed by atoms with Gasteiger partial charge in [-0.3, -0.25) is 42.9 Å². The van der Waals surface area contributed by atoms with Crippen molar-refractivity contribution >= 4 is 61.3 Å². The first-order valence-electron chi connectivity index (χ1n) is 39.8. The van der Waals surface area contributed by atoms with Gasteiger partial charge in [0.05, 0.1) is 109 Å². The SMILES string of the molecule is CCC(=O)N[C@H]1C([C@H](O)[C@H](O)CO)O[C@@](O[C@@H]2C(O)[C@H](O[C@@H]3C(CO)O[C@@H](OCCn4cc(CCC(=O)NCCO[C@H]5OC(CO[C@@H]6OC(CO)[C@@H](OP(=O)(O)O)[C@H](OC(=O)C[C@@H](CC)OC(=O)CC)C6NC(=O)C[C@@H](CC)OC(=O)CC)[C@@H](O)[C@H](OC(=O)C[C@H](O)CC)C5NC(=O)C[C@H](O)CC)nn4)C(O)[C@H]3O)OC(CO)[C@@H]2O)(C(=O)O)C[C@H]1O. The van der Waals surface area contributed by atoms with Gasteiger partial charge in [0.15, 0.2) is 37.4 Å². The van der Waals surface area contributed by atoms with Crippen LogP contribution in [0.3, 0.4) is 0 Å². The molecule has 0 bridgehead atoms. The standard InChI is InChI=1S/C71H118N7O42P/c1-8-33(83)21-45(89)74-52-62(115-49(93)22-34(84)9-2)56(97)42(31-108-67-53(75-46(90)23-35(10-3)109-47(91)13-6)64(61(41(30-82)112-67)120-121(103,104)105)116-50(94)24-36(11-4)110-48(92)14-7)114-66(52)106-19-17-72-44(88)16-15-32-26-78(77-76-32)18-20-107-68-58(99)57(98)60(40(29-81)113-68)117-69-59(100)65(55(96)39(28-80)111-69)119-71(70(101)102)25-37(85)51(73-43(87)12-5)63(118-71)54(95)38(86)27-79/h26,33-42,51-69,79-86,95-100H,8-25,27-31H2,1-7H3,(H,72,88)(H,73,87)(H,74,89)(H,75,90)(H,101,102)(H2,103,104,105)/t33-,34-,35-,36-,37-,38-,39?,40?,41?,42?,51-,52?,53?,54-,55+,56-,57-,58?,59?,60-,61-,62-,63?,64-,65+,66+,67-,68-,69+,71+/m1/s1. The summed E-state index contributed by atoms with van der Waals surface area (Å²) < 4.78 is 100.0. The molecule has 1 aromatic rings. The van der Waals surface area contributed by atoms with Crippen LogP contribution in [0.4, 0.5) is 0 Å². The Balaban J connectivity index is 1.13. The molecule has 0 radical (unpaired) electrons. The van der Waals surface area contributed by atoms with Crippen LogP contribution in [0.1, 0.15) is 138 Å². The number of esters is 4. The lowest BCUT2D eigenvalue weighted by Crippen LogP contribution is -2.71. The molecular weight excluding hydrogens is 1650 g/mol. The molecule has 21 N–H and O–H groups in total. The lowest BCUT2D eigenvalue weighted by molar-refractivity contribution is -0.386. The highest BCUT2D eigenvalue weighted by Gasteiger charge is 2.61. The highest BCUT2D eigenvalue weighted by atomic mass is 31.2. The van der Waals surface area contributed by atoms with Crippen molar-refractivity contribution in [3.63, 3.8) is 0 Å². The van der Waals surface area contributed by atoms with Gasteiger partial charge in [-0.05, 0) is 25.7 Å². The molecule has 6 heterocycles. The number of carbonyl (C=O) groups is 9. The smallest absolute Gasteiger partial charge is 0.470 e. The molecule has 5 aliphatic heterocycles. The molecule has 5 aliphatic rings. The van der Waals surface area contributed by atoms with E-state index in [1.54, 1.807) is 27.7 Å². The third kappa shape index (κ3) is 29.8. The number of hydrogen-bond donors (Lipinski definition) is 21. The molecule has 9 unspecified atom stereocenters. The molecule has 6 rings (SSSR count). The van der Waals surface area contributed by atoms with Gasteiger partial charge in [-0.1, -0.05) is 53.7 Å². The first kappa shape index (κ1) is 103. The number of carboxylic acid groups (broad SMARTS) is 1. The third-order valence-electron chi connectivity index (χ3n) is 20.3. The Kier molecular flexibility index (Phi) is 42.2. The van der Waals surface area contributed by atoms with E-state index in [-0.39, 0.29) is 83.2 Å². The van der Waals surface area contributed by atoms with Crippen molar-refractivity contribution in [2.45, 2.75) is 328 Å². The van der Waals surface area contributed by atoms with Gasteiger partial charge in [0.2, 0.25) is 23.6 Å². The number of hydrogen-bond acceptors (Lipinski definition) is 41. The van der Waals surface area contributed by atoms with E-state index in [0.29, 0.717) is 0 Å². The second-order valence-corrected chi connectivity index (χ2v) is 30.4. The molecule has 4 amide bonds. The largest absolute Gasteiger partial charge is 0.477 e. The molecule has 0 saturated carbocycles. The number of aliphatic hydroxyl groups is 14. The van der Waals surface area contributed by atoms with Crippen LogP contribution >= 0.6 is 7.82 Å². The zero-order valence-electron chi connectivity index (χ0n) is 67.7. The van der Waals surface area contributed by atoms with Crippen LogP contribution in [0.15, 0.2) is 6.20 Å². The number of aliphatic hydroxyl groups excluding tert-OH is 14. The minimum Gasteiger partial charge on any atom is -0.477 e. The molecule has 50 heteroatoms. The van der Waals surface area contributed by atoms with Crippen molar-refractivity contribution in [3.8, 4) is 0 Å². The van der Waals surface area contributed by atoms with Crippen LogP contribution in [-0.2, 0) is 132 Å². The third-order valence-corrected chi connectivity index (χ3v) is 20.8. The number of aromatic nitrogens is 3. The van der Waals surface area contributed by atoms with Crippen LogP contribution in [0.5, 0.6) is 0 Å².